The van der Waals surface area contributed by atoms with Crippen molar-refractivity contribution >= 4 is 29.9 Å². The lowest BCUT2D eigenvalue weighted by Crippen LogP contribution is -2.47. The fourth-order valence-corrected chi connectivity index (χ4v) is 2.91. The predicted molar refractivity (Wildman–Crippen MR) is 106 cm³/mol. The Morgan fingerprint density at radius 2 is 2.17 bits per heavy atom. The molecule has 2 unspecified atom stereocenters. The maximum atomic E-state index is 4.35. The number of hydrogen-bond donors (Lipinski definition) is 2. The third-order valence-electron chi connectivity index (χ3n) is 4.38. The summed E-state index contributed by atoms with van der Waals surface area (Å²) in [5.41, 5.74) is 1.24. The highest BCUT2D eigenvalue weighted by Gasteiger charge is 2.31. The van der Waals surface area contributed by atoms with E-state index in [1.807, 2.05) is 25.0 Å². The summed E-state index contributed by atoms with van der Waals surface area (Å²) in [4.78, 5) is 6.87. The van der Waals surface area contributed by atoms with Crippen LogP contribution in [0.2, 0.25) is 0 Å². The van der Waals surface area contributed by atoms with E-state index < -0.39 is 0 Å². The van der Waals surface area contributed by atoms with Crippen molar-refractivity contribution in [2.75, 3.05) is 26.7 Å². The minimum absolute atomic E-state index is 0. The van der Waals surface area contributed by atoms with Crippen LogP contribution in [0.25, 0.3) is 0 Å². The first-order chi connectivity index (χ1) is 10.5. The molecule has 1 aliphatic heterocycles. The highest BCUT2D eigenvalue weighted by Crippen LogP contribution is 2.18. The van der Waals surface area contributed by atoms with Crippen molar-refractivity contribution in [3.8, 4) is 0 Å². The quantitative estimate of drug-likeness (QED) is 0.419. The van der Waals surface area contributed by atoms with E-state index in [-0.39, 0.29) is 24.0 Å². The average Bonchev–Trinajstić information content (AvgIpc) is 3.04. The van der Waals surface area contributed by atoms with Gasteiger partial charge < -0.3 is 10.6 Å². The third-order valence-corrected chi connectivity index (χ3v) is 4.38. The number of halogens is 1. The minimum Gasteiger partial charge on any atom is -0.356 e. The van der Waals surface area contributed by atoms with Crippen molar-refractivity contribution in [2.45, 2.75) is 39.3 Å². The summed E-state index contributed by atoms with van der Waals surface area (Å²) in [7, 11) is 3.78. The molecule has 132 valence electrons. The second-order valence-corrected chi connectivity index (χ2v) is 6.55. The van der Waals surface area contributed by atoms with Gasteiger partial charge >= 0.3 is 0 Å². The molecule has 1 saturated heterocycles. The molecule has 0 saturated carbocycles. The lowest BCUT2D eigenvalue weighted by Gasteiger charge is -2.21. The standard InChI is InChI=1S/C16H30N6.HI/c1-12(2)22-9-13(3)15(11-22)20-16(17-4)18-7-6-14-8-19-21(5)10-14;/h8,10,12-13,15H,6-7,9,11H2,1-5H3,(H2,17,18,20);1H. The molecule has 0 spiro atoms. The minimum atomic E-state index is 0. The van der Waals surface area contributed by atoms with E-state index >= 15 is 0 Å². The summed E-state index contributed by atoms with van der Waals surface area (Å²) in [6.07, 6.45) is 4.92. The van der Waals surface area contributed by atoms with E-state index in [1.54, 1.807) is 0 Å². The van der Waals surface area contributed by atoms with Crippen LogP contribution in [-0.2, 0) is 13.5 Å². The molecule has 1 aromatic heterocycles. The van der Waals surface area contributed by atoms with Crippen molar-refractivity contribution in [3.05, 3.63) is 18.0 Å². The highest BCUT2D eigenvalue weighted by molar-refractivity contribution is 14.0. The van der Waals surface area contributed by atoms with Crippen LogP contribution in [0.4, 0.5) is 0 Å². The van der Waals surface area contributed by atoms with Gasteiger partial charge in [-0.05, 0) is 31.7 Å². The molecular formula is C16H31IN6. The van der Waals surface area contributed by atoms with Crippen molar-refractivity contribution in [3.63, 3.8) is 0 Å². The van der Waals surface area contributed by atoms with Gasteiger partial charge in [-0.25, -0.2) is 0 Å². The molecule has 2 atom stereocenters. The third kappa shape index (κ3) is 5.95. The Kier molecular flexibility index (Phi) is 8.32. The van der Waals surface area contributed by atoms with E-state index in [1.165, 1.54) is 5.56 Å². The number of aromatic nitrogens is 2. The number of rotatable bonds is 5. The Balaban J connectivity index is 0.00000264. The smallest absolute Gasteiger partial charge is 0.191 e. The van der Waals surface area contributed by atoms with Crippen LogP contribution in [0.5, 0.6) is 0 Å². The SMILES string of the molecule is CN=C(NCCc1cnn(C)c1)NC1CN(C(C)C)CC1C.I. The normalized spacial score (nSPS) is 22.3. The first kappa shape index (κ1) is 20.2. The molecule has 6 nitrogen and oxygen atoms in total. The van der Waals surface area contributed by atoms with Gasteiger partial charge in [-0.15, -0.1) is 24.0 Å². The van der Waals surface area contributed by atoms with Gasteiger partial charge in [0.2, 0.25) is 0 Å². The van der Waals surface area contributed by atoms with Crippen LogP contribution in [0, 0.1) is 5.92 Å². The second-order valence-electron chi connectivity index (χ2n) is 6.55. The van der Waals surface area contributed by atoms with Crippen LogP contribution in [0.1, 0.15) is 26.3 Å². The van der Waals surface area contributed by atoms with Gasteiger partial charge in [0.15, 0.2) is 5.96 Å². The van der Waals surface area contributed by atoms with Crippen LogP contribution < -0.4 is 10.6 Å². The number of aryl methyl sites for hydroxylation is 1. The number of hydrogen-bond acceptors (Lipinski definition) is 3. The van der Waals surface area contributed by atoms with Crippen molar-refractivity contribution < 1.29 is 0 Å². The van der Waals surface area contributed by atoms with Crippen molar-refractivity contribution in [1.29, 1.82) is 0 Å². The molecule has 7 heteroatoms. The number of aliphatic imine (C=N–C) groups is 1. The van der Waals surface area contributed by atoms with Crippen molar-refractivity contribution in [1.82, 2.24) is 25.3 Å². The molecule has 0 aliphatic carbocycles. The monoisotopic (exact) mass is 434 g/mol. The van der Waals surface area contributed by atoms with E-state index in [0.29, 0.717) is 18.0 Å². The lowest BCUT2D eigenvalue weighted by atomic mass is 10.1. The van der Waals surface area contributed by atoms with Gasteiger partial charge in [0, 0.05) is 52.0 Å². The molecular weight excluding hydrogens is 403 g/mol. The zero-order valence-corrected chi connectivity index (χ0v) is 17.2. The molecule has 2 N–H and O–H groups in total. The summed E-state index contributed by atoms with van der Waals surface area (Å²) in [5.74, 6) is 1.53. The fourth-order valence-electron chi connectivity index (χ4n) is 2.91. The molecule has 0 amide bonds. The predicted octanol–water partition coefficient (Wildman–Crippen LogP) is 1.47. The Hall–Kier alpha value is -0.830. The Morgan fingerprint density at radius 3 is 2.70 bits per heavy atom. The summed E-state index contributed by atoms with van der Waals surface area (Å²) in [5, 5.41) is 11.2. The van der Waals surface area contributed by atoms with Crippen LogP contribution in [-0.4, -0.2) is 59.4 Å². The van der Waals surface area contributed by atoms with Gasteiger partial charge in [-0.2, -0.15) is 5.10 Å². The van der Waals surface area contributed by atoms with Crippen molar-refractivity contribution in [2.24, 2.45) is 18.0 Å². The first-order valence-corrected chi connectivity index (χ1v) is 8.18. The molecule has 0 aromatic carbocycles. The zero-order valence-electron chi connectivity index (χ0n) is 14.9. The Bertz CT molecular complexity index is 499. The van der Waals surface area contributed by atoms with E-state index in [4.69, 9.17) is 0 Å². The summed E-state index contributed by atoms with van der Waals surface area (Å²) in [6, 6.07) is 1.07. The van der Waals surface area contributed by atoms with E-state index in [0.717, 1.165) is 32.0 Å². The van der Waals surface area contributed by atoms with Crippen LogP contribution >= 0.6 is 24.0 Å². The number of likely N-dealkylation sites (tertiary alicyclic amines) is 1. The summed E-state index contributed by atoms with van der Waals surface area (Å²) >= 11 is 0. The van der Waals surface area contributed by atoms with E-state index in [2.05, 4.69) is 52.6 Å². The number of nitrogens with zero attached hydrogens (tertiary/aromatic N) is 4. The number of guanidine groups is 1. The van der Waals surface area contributed by atoms with Crippen LogP contribution in [0.3, 0.4) is 0 Å². The highest BCUT2D eigenvalue weighted by atomic mass is 127. The molecule has 1 aliphatic rings. The maximum absolute atomic E-state index is 4.35. The molecule has 0 radical (unpaired) electrons. The summed E-state index contributed by atoms with van der Waals surface area (Å²) < 4.78 is 1.84. The maximum Gasteiger partial charge on any atom is 0.191 e. The number of nitrogens with one attached hydrogen (secondary N) is 2. The van der Waals surface area contributed by atoms with Gasteiger partial charge in [0.25, 0.3) is 0 Å². The molecule has 1 aromatic rings. The average molecular weight is 434 g/mol. The molecule has 23 heavy (non-hydrogen) atoms. The zero-order chi connectivity index (χ0) is 16.1. The van der Waals surface area contributed by atoms with Gasteiger partial charge in [0.1, 0.15) is 0 Å². The summed E-state index contributed by atoms with van der Waals surface area (Å²) in [6.45, 7) is 9.93. The largest absolute Gasteiger partial charge is 0.356 e. The van der Waals surface area contributed by atoms with Gasteiger partial charge in [-0.3, -0.25) is 14.6 Å². The molecule has 0 bridgehead atoms. The fraction of sp³-hybridized carbons (Fsp3) is 0.750. The second kappa shape index (κ2) is 9.46. The lowest BCUT2D eigenvalue weighted by molar-refractivity contribution is 0.265. The Morgan fingerprint density at radius 1 is 1.43 bits per heavy atom. The Labute approximate surface area is 157 Å². The van der Waals surface area contributed by atoms with E-state index in [9.17, 15) is 0 Å². The topological polar surface area (TPSA) is 57.5 Å². The van der Waals surface area contributed by atoms with Gasteiger partial charge in [0.05, 0.1) is 6.20 Å². The molecule has 1 fully saturated rings. The molecule has 2 heterocycles. The first-order valence-electron chi connectivity index (χ1n) is 8.18. The molecule has 2 rings (SSSR count). The van der Waals surface area contributed by atoms with Gasteiger partial charge in [-0.1, -0.05) is 6.92 Å². The van der Waals surface area contributed by atoms with Crippen LogP contribution in [0.15, 0.2) is 17.4 Å².